The van der Waals surface area contributed by atoms with Crippen LogP contribution in [0.4, 0.5) is 0 Å². The van der Waals surface area contributed by atoms with Crippen molar-refractivity contribution in [1.29, 1.82) is 0 Å². The number of hydrogen-bond donors (Lipinski definition) is 2. The molecule has 0 bridgehead atoms. The second-order valence-corrected chi connectivity index (χ2v) is 7.12. The lowest BCUT2D eigenvalue weighted by molar-refractivity contribution is 0.490. The summed E-state index contributed by atoms with van der Waals surface area (Å²) < 4.78 is 5.93. The smallest absolute Gasteiger partial charge is 0.134 e. The van der Waals surface area contributed by atoms with Crippen LogP contribution in [0.5, 0.6) is 0 Å². The third-order valence-electron chi connectivity index (χ3n) is 4.62. The van der Waals surface area contributed by atoms with E-state index in [1.165, 1.54) is 0 Å². The van der Waals surface area contributed by atoms with Crippen molar-refractivity contribution in [2.24, 2.45) is 0 Å². The van der Waals surface area contributed by atoms with Gasteiger partial charge in [0.1, 0.15) is 17.3 Å². The molecule has 2 heterocycles. The number of aromatic nitrogens is 2. The lowest BCUT2D eigenvalue weighted by Crippen LogP contribution is -2.15. The summed E-state index contributed by atoms with van der Waals surface area (Å²) in [6.07, 6.45) is 1.94. The number of fused-ring (bicyclic) bond motifs is 1. The van der Waals surface area contributed by atoms with Crippen LogP contribution in [-0.2, 0) is 13.0 Å². The Bertz CT molecular complexity index is 1020. The van der Waals surface area contributed by atoms with Crippen molar-refractivity contribution in [3.05, 3.63) is 76.8 Å². The minimum absolute atomic E-state index is 0.708. The Balaban J connectivity index is 1.26. The highest BCUT2D eigenvalue weighted by Crippen LogP contribution is 2.26. The first kappa shape index (κ1) is 17.8. The van der Waals surface area contributed by atoms with Crippen molar-refractivity contribution in [2.45, 2.75) is 26.3 Å². The van der Waals surface area contributed by atoms with Gasteiger partial charge in [0.25, 0.3) is 0 Å². The van der Waals surface area contributed by atoms with Crippen LogP contribution in [0, 0.1) is 6.92 Å². The van der Waals surface area contributed by atoms with E-state index >= 15 is 0 Å². The molecule has 0 saturated carbocycles. The first-order valence-electron chi connectivity index (χ1n) is 9.18. The van der Waals surface area contributed by atoms with Gasteiger partial charge < -0.3 is 14.7 Å². The Morgan fingerprint density at radius 2 is 2.00 bits per heavy atom. The van der Waals surface area contributed by atoms with E-state index in [0.29, 0.717) is 6.54 Å². The topological polar surface area (TPSA) is 53.9 Å². The quantitative estimate of drug-likeness (QED) is 0.416. The molecule has 4 aromatic rings. The summed E-state index contributed by atoms with van der Waals surface area (Å²) in [6, 6.07) is 18.1. The van der Waals surface area contributed by atoms with Gasteiger partial charge in [0.2, 0.25) is 0 Å². The number of benzene rings is 2. The Morgan fingerprint density at radius 1 is 1.11 bits per heavy atom. The van der Waals surface area contributed by atoms with Crippen molar-refractivity contribution in [1.82, 2.24) is 15.3 Å². The maximum atomic E-state index is 6.20. The molecule has 0 atom stereocenters. The van der Waals surface area contributed by atoms with Crippen molar-refractivity contribution < 1.29 is 4.42 Å². The second kappa shape index (κ2) is 7.99. The third kappa shape index (κ3) is 4.24. The molecule has 0 fully saturated rings. The summed E-state index contributed by atoms with van der Waals surface area (Å²) in [5, 5.41) is 4.19. The Hall–Kier alpha value is -2.56. The molecule has 0 amide bonds. The predicted molar refractivity (Wildman–Crippen MR) is 110 cm³/mol. The largest absolute Gasteiger partial charge is 0.460 e. The van der Waals surface area contributed by atoms with Gasteiger partial charge in [-0.1, -0.05) is 35.9 Å². The number of H-pyrrole nitrogens is 1. The molecular formula is C22H22ClN3O. The number of nitrogens with zero attached hydrogens (tertiary/aromatic N) is 1. The number of rotatable bonds is 7. The number of para-hydroxylation sites is 2. The zero-order valence-electron chi connectivity index (χ0n) is 15.3. The van der Waals surface area contributed by atoms with Gasteiger partial charge in [-0.3, -0.25) is 0 Å². The van der Waals surface area contributed by atoms with Crippen LogP contribution in [0.15, 0.2) is 59.0 Å². The fourth-order valence-electron chi connectivity index (χ4n) is 3.09. The summed E-state index contributed by atoms with van der Waals surface area (Å²) in [6.45, 7) is 3.61. The highest BCUT2D eigenvalue weighted by molar-refractivity contribution is 6.31. The molecule has 0 spiro atoms. The van der Waals surface area contributed by atoms with E-state index in [4.69, 9.17) is 16.0 Å². The van der Waals surface area contributed by atoms with E-state index in [-0.39, 0.29) is 0 Å². The minimum Gasteiger partial charge on any atom is -0.460 e. The summed E-state index contributed by atoms with van der Waals surface area (Å²) in [5.74, 6) is 2.80. The zero-order valence-corrected chi connectivity index (χ0v) is 16.0. The number of aryl methyl sites for hydroxylation is 2. The van der Waals surface area contributed by atoms with Gasteiger partial charge in [-0.2, -0.15) is 0 Å². The van der Waals surface area contributed by atoms with E-state index in [2.05, 4.69) is 21.4 Å². The van der Waals surface area contributed by atoms with Crippen LogP contribution in [0.1, 0.15) is 23.6 Å². The summed E-state index contributed by atoms with van der Waals surface area (Å²) in [7, 11) is 0. The summed E-state index contributed by atoms with van der Waals surface area (Å²) in [5.41, 5.74) is 4.19. The van der Waals surface area contributed by atoms with Gasteiger partial charge in [0.15, 0.2) is 0 Å². The van der Waals surface area contributed by atoms with E-state index in [1.807, 2.05) is 55.5 Å². The van der Waals surface area contributed by atoms with Gasteiger partial charge in [-0.05, 0) is 55.8 Å². The number of imidazole rings is 1. The van der Waals surface area contributed by atoms with Crippen LogP contribution in [0.2, 0.25) is 5.02 Å². The maximum Gasteiger partial charge on any atom is 0.134 e. The molecule has 0 radical (unpaired) electrons. The Morgan fingerprint density at radius 3 is 2.85 bits per heavy atom. The highest BCUT2D eigenvalue weighted by atomic mass is 35.5. The number of hydrogen-bond acceptors (Lipinski definition) is 3. The molecule has 2 aromatic carbocycles. The standard InChI is InChI=1S/C22H22ClN3O/c1-15-8-9-16(13-18(15)23)21-11-10-17(27-21)14-24-12-4-7-22-25-19-5-2-3-6-20(19)26-22/h2-3,5-6,8-11,13,24H,4,7,12,14H2,1H3,(H,25,26). The normalized spacial score (nSPS) is 11.3. The molecule has 138 valence electrons. The second-order valence-electron chi connectivity index (χ2n) is 6.71. The zero-order chi connectivity index (χ0) is 18.6. The number of halogens is 1. The minimum atomic E-state index is 0.708. The van der Waals surface area contributed by atoms with Gasteiger partial charge in [0, 0.05) is 17.0 Å². The van der Waals surface area contributed by atoms with Crippen molar-refractivity contribution in [3.63, 3.8) is 0 Å². The Kier molecular flexibility index (Phi) is 5.28. The van der Waals surface area contributed by atoms with Crippen molar-refractivity contribution in [2.75, 3.05) is 6.54 Å². The lowest BCUT2D eigenvalue weighted by atomic mass is 10.1. The van der Waals surface area contributed by atoms with Crippen LogP contribution >= 0.6 is 11.6 Å². The first-order valence-corrected chi connectivity index (χ1v) is 9.56. The molecule has 27 heavy (non-hydrogen) atoms. The van der Waals surface area contributed by atoms with E-state index in [0.717, 1.165) is 63.9 Å². The monoisotopic (exact) mass is 379 g/mol. The molecule has 4 rings (SSSR count). The Labute approximate surface area is 163 Å². The van der Waals surface area contributed by atoms with E-state index in [1.54, 1.807) is 0 Å². The summed E-state index contributed by atoms with van der Waals surface area (Å²) in [4.78, 5) is 7.97. The van der Waals surface area contributed by atoms with E-state index < -0.39 is 0 Å². The summed E-state index contributed by atoms with van der Waals surface area (Å²) >= 11 is 6.20. The molecule has 0 aliphatic heterocycles. The fourth-order valence-corrected chi connectivity index (χ4v) is 3.27. The van der Waals surface area contributed by atoms with Crippen LogP contribution in [0.25, 0.3) is 22.4 Å². The molecule has 4 nitrogen and oxygen atoms in total. The molecule has 0 aliphatic carbocycles. The molecule has 5 heteroatoms. The van der Waals surface area contributed by atoms with Gasteiger partial charge in [-0.15, -0.1) is 0 Å². The van der Waals surface area contributed by atoms with Crippen molar-refractivity contribution >= 4 is 22.6 Å². The van der Waals surface area contributed by atoms with Crippen molar-refractivity contribution in [3.8, 4) is 11.3 Å². The van der Waals surface area contributed by atoms with Crippen LogP contribution in [-0.4, -0.2) is 16.5 Å². The van der Waals surface area contributed by atoms with E-state index in [9.17, 15) is 0 Å². The number of nitrogens with one attached hydrogen (secondary N) is 2. The first-order chi connectivity index (χ1) is 13.2. The average Bonchev–Trinajstić information content (AvgIpc) is 3.30. The third-order valence-corrected chi connectivity index (χ3v) is 5.03. The number of aromatic amines is 1. The predicted octanol–water partition coefficient (Wildman–Crippen LogP) is 5.51. The van der Waals surface area contributed by atoms with Gasteiger partial charge in [-0.25, -0.2) is 4.98 Å². The molecule has 2 aromatic heterocycles. The molecule has 0 unspecified atom stereocenters. The molecule has 0 aliphatic rings. The van der Waals surface area contributed by atoms with Crippen LogP contribution < -0.4 is 5.32 Å². The molecule has 0 saturated heterocycles. The SMILES string of the molecule is Cc1ccc(-c2ccc(CNCCCc3nc4ccccc4[nH]3)o2)cc1Cl. The lowest BCUT2D eigenvalue weighted by Gasteiger charge is -2.03. The van der Waals surface area contributed by atoms with Gasteiger partial charge in [0.05, 0.1) is 17.6 Å². The highest BCUT2D eigenvalue weighted by Gasteiger charge is 2.07. The molecular weight excluding hydrogens is 358 g/mol. The maximum absolute atomic E-state index is 6.20. The fraction of sp³-hybridized carbons (Fsp3) is 0.227. The number of furan rings is 1. The average molecular weight is 380 g/mol. The van der Waals surface area contributed by atoms with Crippen LogP contribution in [0.3, 0.4) is 0 Å². The van der Waals surface area contributed by atoms with Gasteiger partial charge >= 0.3 is 0 Å². The molecule has 2 N–H and O–H groups in total.